The Morgan fingerprint density at radius 1 is 1.40 bits per heavy atom. The van der Waals surface area contributed by atoms with Crippen molar-refractivity contribution in [1.82, 2.24) is 0 Å². The van der Waals surface area contributed by atoms with Gasteiger partial charge in [-0.15, -0.1) is 0 Å². The molecule has 0 spiro atoms. The molecule has 0 atom stereocenters. The van der Waals surface area contributed by atoms with Gasteiger partial charge in [-0.3, -0.25) is 0 Å². The van der Waals surface area contributed by atoms with Crippen LogP contribution in [-0.2, 0) is 0 Å². The third-order valence-corrected chi connectivity index (χ3v) is 5.15. The summed E-state index contributed by atoms with van der Waals surface area (Å²) in [6.45, 7) is 8.65. The first kappa shape index (κ1) is 15.0. The molecular weight excluding hydrogens is 270 g/mol. The van der Waals surface area contributed by atoms with E-state index in [1.54, 1.807) is 0 Å². The van der Waals surface area contributed by atoms with Crippen molar-refractivity contribution in [2.45, 2.75) is 31.9 Å². The summed E-state index contributed by atoms with van der Waals surface area (Å²) >= 11 is 2.01. The average molecular weight is 293 g/mol. The van der Waals surface area contributed by atoms with Crippen LogP contribution in [0, 0.1) is 6.92 Å². The molecule has 110 valence electrons. The van der Waals surface area contributed by atoms with Crippen LogP contribution >= 0.6 is 11.8 Å². The van der Waals surface area contributed by atoms with E-state index >= 15 is 0 Å². The second-order valence-corrected chi connectivity index (χ2v) is 7.60. The van der Waals surface area contributed by atoms with E-state index in [1.165, 1.54) is 5.56 Å². The molecule has 0 radical (unpaired) electrons. The molecule has 2 rings (SSSR count). The monoisotopic (exact) mass is 293 g/mol. The van der Waals surface area contributed by atoms with E-state index < -0.39 is 0 Å². The molecule has 0 aromatic heterocycles. The maximum atomic E-state index is 8.98. The van der Waals surface area contributed by atoms with E-state index in [1.807, 2.05) is 23.9 Å². The molecule has 0 saturated carbocycles. The molecule has 1 aromatic rings. The Hall–Kier alpha value is -1.36. The predicted molar refractivity (Wildman–Crippen MR) is 87.1 cm³/mol. The number of rotatable bonds is 2. The number of anilines is 1. The molecule has 1 fully saturated rings. The van der Waals surface area contributed by atoms with E-state index in [9.17, 15) is 0 Å². The molecule has 1 saturated heterocycles. The van der Waals surface area contributed by atoms with Crippen molar-refractivity contribution in [2.24, 2.45) is 10.9 Å². The molecule has 3 N–H and O–H groups in total. The van der Waals surface area contributed by atoms with Gasteiger partial charge in [0.25, 0.3) is 0 Å². The van der Waals surface area contributed by atoms with Crippen LogP contribution in [-0.4, -0.2) is 34.6 Å². The number of hydrogen-bond acceptors (Lipinski definition) is 4. The van der Waals surface area contributed by atoms with Gasteiger partial charge in [0.05, 0.1) is 5.69 Å². The van der Waals surface area contributed by atoms with Crippen LogP contribution in [0.25, 0.3) is 0 Å². The first-order valence-electron chi connectivity index (χ1n) is 6.91. The predicted octanol–water partition coefficient (Wildman–Crippen LogP) is 2.81. The topological polar surface area (TPSA) is 61.9 Å². The maximum Gasteiger partial charge on any atom is 0.172 e. The Morgan fingerprint density at radius 3 is 2.85 bits per heavy atom. The van der Waals surface area contributed by atoms with Crippen LogP contribution in [0.3, 0.4) is 0 Å². The van der Waals surface area contributed by atoms with Crippen molar-refractivity contribution < 1.29 is 5.21 Å². The lowest BCUT2D eigenvalue weighted by molar-refractivity contribution is 0.318. The Balaban J connectivity index is 2.37. The highest BCUT2D eigenvalue weighted by atomic mass is 32.2. The van der Waals surface area contributed by atoms with E-state index in [0.717, 1.165) is 36.5 Å². The SMILES string of the molecule is Cc1cccc(/C(N)=N/O)c1N1CCSC(C)(C)CC1. The van der Waals surface area contributed by atoms with Gasteiger partial charge in [0.2, 0.25) is 0 Å². The number of aryl methyl sites for hydroxylation is 1. The van der Waals surface area contributed by atoms with Crippen molar-refractivity contribution >= 4 is 23.3 Å². The number of thioether (sulfide) groups is 1. The second kappa shape index (κ2) is 5.95. The largest absolute Gasteiger partial charge is 0.409 e. The van der Waals surface area contributed by atoms with E-state index in [4.69, 9.17) is 10.9 Å². The molecule has 0 amide bonds. The number of nitrogens with zero attached hydrogens (tertiary/aromatic N) is 2. The lowest BCUT2D eigenvalue weighted by Crippen LogP contribution is -2.30. The molecule has 1 heterocycles. The maximum absolute atomic E-state index is 8.98. The number of nitrogens with two attached hydrogens (primary N) is 1. The fourth-order valence-electron chi connectivity index (χ4n) is 2.58. The number of amidine groups is 1. The molecule has 1 aliphatic heterocycles. The number of hydrogen-bond donors (Lipinski definition) is 2. The molecule has 0 aliphatic carbocycles. The van der Waals surface area contributed by atoms with Crippen LogP contribution in [0.5, 0.6) is 0 Å². The summed E-state index contributed by atoms with van der Waals surface area (Å²) in [6.07, 6.45) is 1.13. The van der Waals surface area contributed by atoms with Crippen LogP contribution in [0.2, 0.25) is 0 Å². The highest BCUT2D eigenvalue weighted by Gasteiger charge is 2.25. The molecule has 0 bridgehead atoms. The number of oxime groups is 1. The van der Waals surface area contributed by atoms with Gasteiger partial charge in [0.15, 0.2) is 5.84 Å². The molecule has 0 unspecified atom stereocenters. The van der Waals surface area contributed by atoms with E-state index in [-0.39, 0.29) is 5.84 Å². The van der Waals surface area contributed by atoms with Crippen molar-refractivity contribution in [3.05, 3.63) is 29.3 Å². The van der Waals surface area contributed by atoms with Crippen LogP contribution < -0.4 is 10.6 Å². The summed E-state index contributed by atoms with van der Waals surface area (Å²) in [5.41, 5.74) is 8.91. The summed E-state index contributed by atoms with van der Waals surface area (Å²) in [4.78, 5) is 2.37. The highest BCUT2D eigenvalue weighted by Crippen LogP contribution is 2.34. The Kier molecular flexibility index (Phi) is 4.48. The zero-order valence-corrected chi connectivity index (χ0v) is 13.2. The molecule has 1 aromatic carbocycles. The Bertz CT molecular complexity index is 514. The van der Waals surface area contributed by atoms with Gasteiger partial charge in [-0.05, 0) is 25.0 Å². The average Bonchev–Trinajstić information content (AvgIpc) is 2.58. The van der Waals surface area contributed by atoms with E-state index in [0.29, 0.717) is 4.75 Å². The standard InChI is InChI=1S/C15H23N3OS/c1-11-5-4-6-12(14(16)17-19)13(11)18-8-7-15(2,3)20-10-9-18/h4-6,19H,7-10H2,1-3H3,(H2,16,17). The normalized spacial score (nSPS) is 19.8. The van der Waals surface area contributed by atoms with Gasteiger partial charge in [0, 0.05) is 29.2 Å². The molecule has 4 nitrogen and oxygen atoms in total. The quantitative estimate of drug-likeness (QED) is 0.381. The molecular formula is C15H23N3OS. The zero-order chi connectivity index (χ0) is 14.8. The second-order valence-electron chi connectivity index (χ2n) is 5.80. The fraction of sp³-hybridized carbons (Fsp3) is 0.533. The van der Waals surface area contributed by atoms with Crippen LogP contribution in [0.1, 0.15) is 31.4 Å². The van der Waals surface area contributed by atoms with Crippen molar-refractivity contribution in [3.8, 4) is 0 Å². The molecule has 5 heteroatoms. The zero-order valence-electron chi connectivity index (χ0n) is 12.4. The van der Waals surface area contributed by atoms with Gasteiger partial charge >= 0.3 is 0 Å². The smallest absolute Gasteiger partial charge is 0.172 e. The highest BCUT2D eigenvalue weighted by molar-refractivity contribution is 8.00. The third kappa shape index (κ3) is 3.20. The van der Waals surface area contributed by atoms with Gasteiger partial charge in [-0.2, -0.15) is 11.8 Å². The fourth-order valence-corrected chi connectivity index (χ4v) is 3.68. The lowest BCUT2D eigenvalue weighted by Gasteiger charge is -2.27. The summed E-state index contributed by atoms with van der Waals surface area (Å²) in [5, 5.41) is 12.2. The minimum Gasteiger partial charge on any atom is -0.409 e. The first-order chi connectivity index (χ1) is 9.44. The summed E-state index contributed by atoms with van der Waals surface area (Å²) in [6, 6.07) is 5.94. The Labute approximate surface area is 125 Å². The van der Waals surface area contributed by atoms with Gasteiger partial charge in [0.1, 0.15) is 0 Å². The lowest BCUT2D eigenvalue weighted by atomic mass is 10.0. The summed E-state index contributed by atoms with van der Waals surface area (Å²) in [5.74, 6) is 1.27. The summed E-state index contributed by atoms with van der Waals surface area (Å²) in [7, 11) is 0. The van der Waals surface area contributed by atoms with Crippen molar-refractivity contribution in [3.63, 3.8) is 0 Å². The number of benzene rings is 1. The minimum absolute atomic E-state index is 0.180. The van der Waals surface area contributed by atoms with Crippen molar-refractivity contribution in [1.29, 1.82) is 0 Å². The van der Waals surface area contributed by atoms with Crippen molar-refractivity contribution in [2.75, 3.05) is 23.7 Å². The van der Waals surface area contributed by atoms with Gasteiger partial charge < -0.3 is 15.8 Å². The minimum atomic E-state index is 0.180. The van der Waals surface area contributed by atoms with Crippen LogP contribution in [0.15, 0.2) is 23.4 Å². The molecule has 20 heavy (non-hydrogen) atoms. The molecule has 1 aliphatic rings. The third-order valence-electron chi connectivity index (χ3n) is 3.78. The van der Waals surface area contributed by atoms with E-state index in [2.05, 4.69) is 36.9 Å². The summed E-state index contributed by atoms with van der Waals surface area (Å²) < 4.78 is 0.314. The number of para-hydroxylation sites is 1. The Morgan fingerprint density at radius 2 is 2.15 bits per heavy atom. The van der Waals surface area contributed by atoms with Crippen LogP contribution in [0.4, 0.5) is 5.69 Å². The first-order valence-corrected chi connectivity index (χ1v) is 7.89. The van der Waals surface area contributed by atoms with Gasteiger partial charge in [-0.25, -0.2) is 0 Å². The van der Waals surface area contributed by atoms with Gasteiger partial charge in [-0.1, -0.05) is 31.1 Å².